The molecule has 8 heteroatoms. The molecule has 108 valence electrons. The predicted octanol–water partition coefficient (Wildman–Crippen LogP) is 2.98. The lowest BCUT2D eigenvalue weighted by Crippen LogP contribution is -1.86. The number of non-ortho nitro benzene ring substituents is 1. The number of aromatic nitrogens is 4. The Labute approximate surface area is 122 Å². The van der Waals surface area contributed by atoms with E-state index in [4.69, 9.17) is 4.52 Å². The predicted molar refractivity (Wildman–Crippen MR) is 78.3 cm³/mol. The van der Waals surface area contributed by atoms with Gasteiger partial charge in [-0.25, -0.2) is 4.98 Å². The molecule has 0 unspecified atom stereocenters. The highest BCUT2D eigenvalue weighted by atomic mass is 16.6. The second-order valence-electron chi connectivity index (χ2n) is 4.87. The Balaban J connectivity index is 1.98. The van der Waals surface area contributed by atoms with Gasteiger partial charge in [-0.05, 0) is 19.1 Å². The Morgan fingerprint density at radius 2 is 2.05 bits per heavy atom. The van der Waals surface area contributed by atoms with Crippen LogP contribution in [0.25, 0.3) is 33.4 Å². The minimum Gasteiger partial charge on any atom is -0.353 e. The first-order valence-corrected chi connectivity index (χ1v) is 6.48. The summed E-state index contributed by atoms with van der Waals surface area (Å²) in [6, 6.07) is 6.47. The Morgan fingerprint density at radius 3 is 2.77 bits per heavy atom. The molecule has 0 amide bonds. The van der Waals surface area contributed by atoms with Crippen LogP contribution in [0, 0.1) is 17.0 Å². The number of nitro benzene ring substituents is 1. The van der Waals surface area contributed by atoms with Crippen LogP contribution in [-0.4, -0.2) is 25.0 Å². The van der Waals surface area contributed by atoms with Gasteiger partial charge >= 0.3 is 0 Å². The van der Waals surface area contributed by atoms with E-state index in [0.717, 1.165) is 21.8 Å². The van der Waals surface area contributed by atoms with Crippen LogP contribution in [0.1, 0.15) is 5.82 Å². The molecule has 0 saturated heterocycles. The fourth-order valence-electron chi connectivity index (χ4n) is 2.42. The van der Waals surface area contributed by atoms with Crippen molar-refractivity contribution in [1.29, 1.82) is 0 Å². The lowest BCUT2D eigenvalue weighted by molar-refractivity contribution is -0.384. The van der Waals surface area contributed by atoms with Crippen molar-refractivity contribution in [1.82, 2.24) is 20.1 Å². The van der Waals surface area contributed by atoms with Gasteiger partial charge in [0.2, 0.25) is 0 Å². The van der Waals surface area contributed by atoms with E-state index < -0.39 is 4.92 Å². The summed E-state index contributed by atoms with van der Waals surface area (Å²) < 4.78 is 5.11. The highest BCUT2D eigenvalue weighted by molar-refractivity contribution is 6.08. The first-order chi connectivity index (χ1) is 10.6. The molecule has 1 N–H and O–H groups in total. The zero-order valence-electron chi connectivity index (χ0n) is 11.4. The molecule has 8 nitrogen and oxygen atoms in total. The van der Waals surface area contributed by atoms with E-state index in [1.807, 2.05) is 0 Å². The quantitative estimate of drug-likeness (QED) is 0.449. The van der Waals surface area contributed by atoms with Gasteiger partial charge in [0.1, 0.15) is 5.69 Å². The molecule has 0 aliphatic heterocycles. The number of pyridine rings is 1. The Kier molecular flexibility index (Phi) is 2.46. The van der Waals surface area contributed by atoms with Crippen molar-refractivity contribution < 1.29 is 9.45 Å². The molecule has 4 aromatic rings. The average molecular weight is 295 g/mol. The number of fused-ring (bicyclic) bond motifs is 3. The largest absolute Gasteiger partial charge is 0.353 e. The number of hydrogen-bond donors (Lipinski definition) is 1. The SMILES string of the molecule is Cc1noc(-c2cc3c(cn2)[nH]c2ccc([N+](=O)[O-])cc23)n1. The average Bonchev–Trinajstić information content (AvgIpc) is 3.09. The maximum absolute atomic E-state index is 10.9. The van der Waals surface area contributed by atoms with Gasteiger partial charge in [0.25, 0.3) is 11.6 Å². The number of hydrogen-bond acceptors (Lipinski definition) is 6. The first kappa shape index (κ1) is 12.5. The third kappa shape index (κ3) is 1.81. The van der Waals surface area contributed by atoms with Crippen LogP contribution in [0.2, 0.25) is 0 Å². The van der Waals surface area contributed by atoms with E-state index in [1.54, 1.807) is 25.3 Å². The van der Waals surface area contributed by atoms with Crippen molar-refractivity contribution in [3.63, 3.8) is 0 Å². The van der Waals surface area contributed by atoms with Crippen molar-refractivity contribution in [2.75, 3.05) is 0 Å². The lowest BCUT2D eigenvalue weighted by Gasteiger charge is -1.95. The van der Waals surface area contributed by atoms with Crippen LogP contribution in [0.4, 0.5) is 5.69 Å². The van der Waals surface area contributed by atoms with E-state index in [0.29, 0.717) is 17.4 Å². The maximum atomic E-state index is 10.9. The molecule has 4 rings (SSSR count). The molecular formula is C14H9N5O3. The second kappa shape index (κ2) is 4.35. The summed E-state index contributed by atoms with van der Waals surface area (Å²) in [6.07, 6.45) is 1.65. The monoisotopic (exact) mass is 295 g/mol. The molecule has 0 saturated carbocycles. The van der Waals surface area contributed by atoms with Gasteiger partial charge < -0.3 is 9.51 Å². The van der Waals surface area contributed by atoms with E-state index in [2.05, 4.69) is 20.1 Å². The lowest BCUT2D eigenvalue weighted by atomic mass is 10.1. The Bertz CT molecular complexity index is 1030. The molecule has 0 aliphatic rings. The van der Waals surface area contributed by atoms with E-state index in [1.165, 1.54) is 12.1 Å². The van der Waals surface area contributed by atoms with Gasteiger partial charge in [-0.3, -0.25) is 10.1 Å². The highest BCUT2D eigenvalue weighted by Gasteiger charge is 2.14. The highest BCUT2D eigenvalue weighted by Crippen LogP contribution is 2.30. The van der Waals surface area contributed by atoms with Crippen molar-refractivity contribution >= 4 is 27.5 Å². The van der Waals surface area contributed by atoms with Crippen molar-refractivity contribution in [2.45, 2.75) is 6.92 Å². The van der Waals surface area contributed by atoms with Crippen molar-refractivity contribution in [3.05, 3.63) is 46.4 Å². The Hall–Kier alpha value is -3.29. The van der Waals surface area contributed by atoms with E-state index >= 15 is 0 Å². The van der Waals surface area contributed by atoms with Crippen LogP contribution in [0.5, 0.6) is 0 Å². The molecule has 0 bridgehead atoms. The number of nitrogens with zero attached hydrogens (tertiary/aromatic N) is 4. The van der Waals surface area contributed by atoms with Gasteiger partial charge in [-0.2, -0.15) is 4.98 Å². The third-order valence-electron chi connectivity index (χ3n) is 3.42. The fraction of sp³-hybridized carbons (Fsp3) is 0.0714. The first-order valence-electron chi connectivity index (χ1n) is 6.48. The zero-order chi connectivity index (χ0) is 15.3. The zero-order valence-corrected chi connectivity index (χ0v) is 11.4. The van der Waals surface area contributed by atoms with Crippen LogP contribution in [-0.2, 0) is 0 Å². The molecule has 0 aliphatic carbocycles. The summed E-state index contributed by atoms with van der Waals surface area (Å²) in [5.41, 5.74) is 2.16. The molecule has 0 atom stereocenters. The fourth-order valence-corrected chi connectivity index (χ4v) is 2.42. The summed E-state index contributed by atoms with van der Waals surface area (Å²) >= 11 is 0. The summed E-state index contributed by atoms with van der Waals surface area (Å²) in [5.74, 6) is 0.839. The minimum absolute atomic E-state index is 0.0420. The van der Waals surface area contributed by atoms with Crippen LogP contribution in [0.3, 0.4) is 0 Å². The molecule has 0 radical (unpaired) electrons. The third-order valence-corrected chi connectivity index (χ3v) is 3.42. The second-order valence-corrected chi connectivity index (χ2v) is 4.87. The number of aromatic amines is 1. The number of benzene rings is 1. The maximum Gasteiger partial charge on any atom is 0.276 e. The number of H-pyrrole nitrogens is 1. The molecule has 22 heavy (non-hydrogen) atoms. The summed E-state index contributed by atoms with van der Waals surface area (Å²) in [7, 11) is 0. The van der Waals surface area contributed by atoms with Gasteiger partial charge in [-0.1, -0.05) is 5.16 Å². The molecule has 0 fully saturated rings. The van der Waals surface area contributed by atoms with Gasteiger partial charge in [0.15, 0.2) is 5.82 Å². The summed E-state index contributed by atoms with van der Waals surface area (Å²) in [4.78, 5) is 22.1. The Morgan fingerprint density at radius 1 is 1.23 bits per heavy atom. The molecule has 0 spiro atoms. The van der Waals surface area contributed by atoms with Crippen molar-refractivity contribution in [2.24, 2.45) is 0 Å². The van der Waals surface area contributed by atoms with E-state index in [9.17, 15) is 10.1 Å². The van der Waals surface area contributed by atoms with Crippen LogP contribution in [0.15, 0.2) is 35.0 Å². The van der Waals surface area contributed by atoms with Crippen molar-refractivity contribution in [3.8, 4) is 11.6 Å². The molecule has 3 aromatic heterocycles. The van der Waals surface area contributed by atoms with Crippen LogP contribution >= 0.6 is 0 Å². The van der Waals surface area contributed by atoms with Crippen LogP contribution < -0.4 is 0 Å². The number of aryl methyl sites for hydroxylation is 1. The summed E-state index contributed by atoms with van der Waals surface area (Å²) in [5, 5.41) is 16.3. The number of nitro groups is 1. The standard InChI is InChI=1S/C14H9N5O3/c1-7-16-14(22-18-7)12-5-10-9-4-8(19(20)21)2-3-11(9)17-13(10)6-15-12/h2-6,17H,1H3. The molecule has 1 aromatic carbocycles. The van der Waals surface area contributed by atoms with Gasteiger partial charge in [0, 0.05) is 28.4 Å². The van der Waals surface area contributed by atoms with E-state index in [-0.39, 0.29) is 5.69 Å². The topological polar surface area (TPSA) is 111 Å². The molecular weight excluding hydrogens is 286 g/mol. The normalized spacial score (nSPS) is 11.3. The summed E-state index contributed by atoms with van der Waals surface area (Å²) in [6.45, 7) is 1.72. The molecule has 3 heterocycles. The van der Waals surface area contributed by atoms with Gasteiger partial charge in [-0.15, -0.1) is 0 Å². The minimum atomic E-state index is -0.415. The number of rotatable bonds is 2. The smallest absolute Gasteiger partial charge is 0.276 e. The number of nitrogens with one attached hydrogen (secondary N) is 1. The van der Waals surface area contributed by atoms with Gasteiger partial charge in [0.05, 0.1) is 16.6 Å².